The van der Waals surface area contributed by atoms with Crippen LogP contribution in [0.5, 0.6) is 0 Å². The van der Waals surface area contributed by atoms with Crippen LogP contribution in [0.1, 0.15) is 0 Å². The molecule has 1 N–H and O–H groups in total. The average Bonchev–Trinajstić information content (AvgIpc) is 3.16. The molecule has 1 amide bonds. The zero-order chi connectivity index (χ0) is 23.6. The van der Waals surface area contributed by atoms with Crippen molar-refractivity contribution in [3.63, 3.8) is 0 Å². The molecule has 0 unspecified atom stereocenters. The van der Waals surface area contributed by atoms with Crippen molar-refractivity contribution in [1.29, 1.82) is 0 Å². The average molecular weight is 497 g/mol. The van der Waals surface area contributed by atoms with Crippen LogP contribution in [0.15, 0.2) is 56.6 Å². The summed E-state index contributed by atoms with van der Waals surface area (Å²) in [6, 6.07) is 9.19. The molecule has 13 heteroatoms. The first-order valence-electron chi connectivity index (χ1n) is 9.75. The number of halogens is 2. The Labute approximate surface area is 192 Å². The van der Waals surface area contributed by atoms with Gasteiger partial charge in [0.1, 0.15) is 17.3 Å². The number of aromatic nitrogens is 2. The molecular weight excluding hydrogens is 479 g/mol. The van der Waals surface area contributed by atoms with E-state index in [9.17, 15) is 22.4 Å². The van der Waals surface area contributed by atoms with Crippen molar-refractivity contribution in [2.75, 3.05) is 31.6 Å². The Bertz CT molecular complexity index is 1330. The zero-order valence-electron chi connectivity index (χ0n) is 17.0. The molecule has 0 spiro atoms. The number of anilines is 1. The number of nitrogens with zero attached hydrogens (tertiary/aromatic N) is 3. The van der Waals surface area contributed by atoms with Crippen LogP contribution in [0, 0.1) is 5.82 Å². The van der Waals surface area contributed by atoms with Crippen LogP contribution in [0.3, 0.4) is 0 Å². The monoisotopic (exact) mass is 496 g/mol. The molecule has 4 rings (SSSR count). The lowest BCUT2D eigenvalue weighted by molar-refractivity contribution is -0.117. The quantitative estimate of drug-likeness (QED) is 0.553. The fourth-order valence-electron chi connectivity index (χ4n) is 3.16. The van der Waals surface area contributed by atoms with Gasteiger partial charge in [0.15, 0.2) is 0 Å². The van der Waals surface area contributed by atoms with Gasteiger partial charge >= 0.3 is 5.76 Å². The lowest BCUT2D eigenvalue weighted by Crippen LogP contribution is -2.40. The van der Waals surface area contributed by atoms with Crippen molar-refractivity contribution in [3.8, 4) is 11.5 Å². The summed E-state index contributed by atoms with van der Waals surface area (Å²) in [6.45, 7) is 0.457. The van der Waals surface area contributed by atoms with E-state index in [0.29, 0.717) is 5.56 Å². The number of carbonyl (C=O) groups excluding carboxylic acids is 1. The third-order valence-electron chi connectivity index (χ3n) is 4.79. The maximum absolute atomic E-state index is 13.1. The Kier molecular flexibility index (Phi) is 6.61. The highest BCUT2D eigenvalue weighted by molar-refractivity contribution is 7.89. The van der Waals surface area contributed by atoms with Crippen molar-refractivity contribution in [1.82, 2.24) is 14.1 Å². The minimum Gasteiger partial charge on any atom is -0.388 e. The highest BCUT2D eigenvalue weighted by atomic mass is 35.5. The van der Waals surface area contributed by atoms with Gasteiger partial charge in [-0.25, -0.2) is 17.6 Å². The third-order valence-corrected chi connectivity index (χ3v) is 7.17. The molecule has 3 aromatic rings. The molecule has 33 heavy (non-hydrogen) atoms. The molecule has 0 saturated carbocycles. The molecule has 0 atom stereocenters. The van der Waals surface area contributed by atoms with E-state index in [-0.39, 0.29) is 47.8 Å². The smallest absolute Gasteiger partial charge is 0.388 e. The lowest BCUT2D eigenvalue weighted by atomic mass is 10.2. The van der Waals surface area contributed by atoms with Crippen molar-refractivity contribution in [3.05, 3.63) is 63.9 Å². The SMILES string of the molecule is O=C(Cn1nc(-c2ccc(F)cc2)oc1=O)Nc1ccc(Cl)c(S(=O)(=O)N2CCOCC2)c1. The molecule has 2 heterocycles. The van der Waals surface area contributed by atoms with Gasteiger partial charge in [-0.15, -0.1) is 5.10 Å². The number of benzene rings is 2. The Morgan fingerprint density at radius 2 is 1.85 bits per heavy atom. The second kappa shape index (κ2) is 9.43. The first-order valence-corrected chi connectivity index (χ1v) is 11.6. The van der Waals surface area contributed by atoms with Gasteiger partial charge in [0.2, 0.25) is 21.8 Å². The van der Waals surface area contributed by atoms with Crippen LogP contribution in [0.25, 0.3) is 11.5 Å². The second-order valence-corrected chi connectivity index (χ2v) is 9.36. The topological polar surface area (TPSA) is 124 Å². The normalized spacial score (nSPS) is 14.8. The Hall–Kier alpha value is -3.06. The number of hydrogen-bond acceptors (Lipinski definition) is 7. The summed E-state index contributed by atoms with van der Waals surface area (Å²) in [5.41, 5.74) is 0.537. The van der Waals surface area contributed by atoms with Crippen LogP contribution in [-0.2, 0) is 26.1 Å². The number of sulfonamides is 1. The number of nitrogens with one attached hydrogen (secondary N) is 1. The van der Waals surface area contributed by atoms with E-state index in [2.05, 4.69) is 10.4 Å². The summed E-state index contributed by atoms with van der Waals surface area (Å²) >= 11 is 6.12. The van der Waals surface area contributed by atoms with E-state index >= 15 is 0 Å². The molecule has 1 aliphatic rings. The molecule has 1 aliphatic heterocycles. The summed E-state index contributed by atoms with van der Waals surface area (Å²) in [4.78, 5) is 24.3. The highest BCUT2D eigenvalue weighted by Crippen LogP contribution is 2.28. The van der Waals surface area contributed by atoms with Gasteiger partial charge in [-0.1, -0.05) is 11.6 Å². The molecule has 1 aromatic heterocycles. The lowest BCUT2D eigenvalue weighted by Gasteiger charge is -2.26. The van der Waals surface area contributed by atoms with Crippen LogP contribution in [0.4, 0.5) is 10.1 Å². The summed E-state index contributed by atoms with van der Waals surface area (Å²) in [6.07, 6.45) is 0. The number of hydrogen-bond donors (Lipinski definition) is 1. The van der Waals surface area contributed by atoms with E-state index in [1.165, 1.54) is 46.8 Å². The molecule has 0 bridgehead atoms. The zero-order valence-corrected chi connectivity index (χ0v) is 18.6. The number of rotatable bonds is 6. The predicted octanol–water partition coefficient (Wildman–Crippen LogP) is 1.96. The summed E-state index contributed by atoms with van der Waals surface area (Å²) < 4.78 is 51.2. The highest BCUT2D eigenvalue weighted by Gasteiger charge is 2.28. The maximum atomic E-state index is 13.1. The van der Waals surface area contributed by atoms with Crippen LogP contribution >= 0.6 is 11.6 Å². The van der Waals surface area contributed by atoms with Gasteiger partial charge in [-0.2, -0.15) is 8.99 Å². The van der Waals surface area contributed by atoms with Gasteiger partial charge in [-0.3, -0.25) is 4.79 Å². The number of ether oxygens (including phenoxy) is 1. The van der Waals surface area contributed by atoms with Crippen molar-refractivity contribution < 1.29 is 26.8 Å². The molecule has 1 saturated heterocycles. The Morgan fingerprint density at radius 3 is 2.55 bits per heavy atom. The summed E-state index contributed by atoms with van der Waals surface area (Å²) in [5.74, 6) is -2.06. The van der Waals surface area contributed by atoms with Gasteiger partial charge in [-0.05, 0) is 42.5 Å². The minimum atomic E-state index is -3.89. The molecule has 2 aromatic carbocycles. The largest absolute Gasteiger partial charge is 0.437 e. The van der Waals surface area contributed by atoms with Crippen LogP contribution < -0.4 is 11.1 Å². The van der Waals surface area contributed by atoms with Gasteiger partial charge in [0, 0.05) is 24.3 Å². The Balaban J connectivity index is 1.50. The first kappa shape index (κ1) is 23.1. The van der Waals surface area contributed by atoms with Crippen LogP contribution in [0.2, 0.25) is 5.02 Å². The molecule has 0 radical (unpaired) electrons. The molecule has 1 fully saturated rings. The van der Waals surface area contributed by atoms with E-state index in [1.807, 2.05) is 0 Å². The van der Waals surface area contributed by atoms with E-state index in [4.69, 9.17) is 20.8 Å². The van der Waals surface area contributed by atoms with E-state index in [1.54, 1.807) is 0 Å². The fraction of sp³-hybridized carbons (Fsp3) is 0.250. The van der Waals surface area contributed by atoms with Gasteiger partial charge < -0.3 is 14.5 Å². The number of morpholine rings is 1. The predicted molar refractivity (Wildman–Crippen MR) is 116 cm³/mol. The molecule has 174 valence electrons. The third kappa shape index (κ3) is 5.14. The second-order valence-electron chi connectivity index (χ2n) is 7.05. The van der Waals surface area contributed by atoms with Crippen molar-refractivity contribution in [2.24, 2.45) is 0 Å². The van der Waals surface area contributed by atoms with Crippen LogP contribution in [-0.4, -0.2) is 54.7 Å². The minimum absolute atomic E-state index is 0.0103. The van der Waals surface area contributed by atoms with E-state index in [0.717, 1.165) is 4.68 Å². The van der Waals surface area contributed by atoms with Crippen molar-refractivity contribution >= 4 is 33.2 Å². The Morgan fingerprint density at radius 1 is 1.15 bits per heavy atom. The summed E-state index contributed by atoms with van der Waals surface area (Å²) in [7, 11) is -3.89. The maximum Gasteiger partial charge on any atom is 0.437 e. The standard InChI is InChI=1S/C20H18ClFN4O6S/c21-16-6-5-15(11-17(16)33(29,30)25-7-9-31-10-8-25)23-18(27)12-26-20(28)32-19(24-26)13-1-3-14(22)4-2-13/h1-6,11H,7-10,12H2,(H,23,27). The van der Waals surface area contributed by atoms with Crippen molar-refractivity contribution in [2.45, 2.75) is 11.4 Å². The molecular formula is C20H18ClFN4O6S. The van der Waals surface area contributed by atoms with Gasteiger partial charge in [0.05, 0.1) is 18.2 Å². The fourth-order valence-corrected chi connectivity index (χ4v) is 5.07. The summed E-state index contributed by atoms with van der Waals surface area (Å²) in [5, 5.41) is 6.47. The van der Waals surface area contributed by atoms with Gasteiger partial charge in [0.25, 0.3) is 0 Å². The molecule has 10 nitrogen and oxygen atoms in total. The van der Waals surface area contributed by atoms with E-state index < -0.39 is 34.0 Å². The number of carbonyl (C=O) groups is 1. The molecule has 0 aliphatic carbocycles. The first-order chi connectivity index (χ1) is 15.7. The number of amides is 1.